The van der Waals surface area contributed by atoms with Crippen LogP contribution in [0.2, 0.25) is 0 Å². The Kier molecular flexibility index (Phi) is 7.87. The van der Waals surface area contributed by atoms with Gasteiger partial charge in [0, 0.05) is 32.1 Å². The van der Waals surface area contributed by atoms with Crippen molar-refractivity contribution in [2.75, 3.05) is 46.3 Å². The number of piperazine rings is 1. The van der Waals surface area contributed by atoms with Crippen molar-refractivity contribution in [2.24, 2.45) is 5.73 Å². The van der Waals surface area contributed by atoms with Gasteiger partial charge in [-0.05, 0) is 56.6 Å². The van der Waals surface area contributed by atoms with Crippen LogP contribution in [0.15, 0.2) is 91.0 Å². The minimum Gasteiger partial charge on any atom is -0.338 e. The monoisotopic (exact) mass is 524 g/mol. The molecule has 0 aromatic heterocycles. The Morgan fingerprint density at radius 2 is 1.15 bits per heavy atom. The Morgan fingerprint density at radius 1 is 0.718 bits per heavy atom. The number of likely N-dealkylation sites (tertiary alicyclic amines) is 1. The summed E-state index contributed by atoms with van der Waals surface area (Å²) >= 11 is 0. The largest absolute Gasteiger partial charge is 0.338 e. The van der Waals surface area contributed by atoms with E-state index in [0.717, 1.165) is 42.6 Å². The van der Waals surface area contributed by atoms with Crippen LogP contribution in [-0.4, -0.2) is 78.4 Å². The number of amides is 2. The Bertz CT molecular complexity index is 1210. The number of nitrogens with two attached hydrogens (primary N) is 1. The van der Waals surface area contributed by atoms with Gasteiger partial charge in [0.1, 0.15) is 5.54 Å². The van der Waals surface area contributed by atoms with E-state index in [2.05, 4.69) is 24.1 Å². The Hall–Kier alpha value is -3.48. The topological polar surface area (TPSA) is 69.9 Å². The zero-order valence-corrected chi connectivity index (χ0v) is 23.1. The Balaban J connectivity index is 1.33. The zero-order chi connectivity index (χ0) is 27.5. The summed E-state index contributed by atoms with van der Waals surface area (Å²) < 4.78 is 0. The molecule has 2 aliphatic heterocycles. The molecular weight excluding hydrogens is 484 g/mol. The van der Waals surface area contributed by atoms with Crippen LogP contribution in [0.5, 0.6) is 0 Å². The number of nitrogens with zero attached hydrogens (tertiary/aromatic N) is 3. The van der Waals surface area contributed by atoms with Crippen molar-refractivity contribution in [3.8, 4) is 0 Å². The van der Waals surface area contributed by atoms with Crippen molar-refractivity contribution in [1.82, 2.24) is 14.7 Å². The van der Waals surface area contributed by atoms with Gasteiger partial charge in [0.25, 0.3) is 0 Å². The second-order valence-electron chi connectivity index (χ2n) is 11.4. The lowest BCUT2D eigenvalue weighted by molar-refractivity contribution is -0.147. The predicted octanol–water partition coefficient (Wildman–Crippen LogP) is 3.87. The van der Waals surface area contributed by atoms with Crippen LogP contribution < -0.4 is 5.73 Å². The number of carbonyl (C=O) groups is 2. The van der Waals surface area contributed by atoms with Gasteiger partial charge >= 0.3 is 0 Å². The van der Waals surface area contributed by atoms with Crippen LogP contribution in [0, 0.1) is 0 Å². The summed E-state index contributed by atoms with van der Waals surface area (Å²) in [6.07, 6.45) is 1.62. The van der Waals surface area contributed by atoms with Crippen LogP contribution in [0.3, 0.4) is 0 Å². The quantitative estimate of drug-likeness (QED) is 0.532. The molecule has 204 valence electrons. The molecule has 1 unspecified atom stereocenters. The van der Waals surface area contributed by atoms with Crippen molar-refractivity contribution < 1.29 is 9.59 Å². The lowest BCUT2D eigenvalue weighted by atomic mass is 9.71. The summed E-state index contributed by atoms with van der Waals surface area (Å²) in [4.78, 5) is 34.2. The first-order valence-corrected chi connectivity index (χ1v) is 14.0. The van der Waals surface area contributed by atoms with E-state index in [4.69, 9.17) is 5.73 Å². The highest BCUT2D eigenvalue weighted by atomic mass is 16.2. The first-order chi connectivity index (χ1) is 18.8. The van der Waals surface area contributed by atoms with Crippen molar-refractivity contribution in [3.05, 3.63) is 108 Å². The third-order valence-corrected chi connectivity index (χ3v) is 8.76. The van der Waals surface area contributed by atoms with Crippen LogP contribution in [0.4, 0.5) is 0 Å². The first-order valence-electron chi connectivity index (χ1n) is 14.0. The van der Waals surface area contributed by atoms with E-state index in [-0.39, 0.29) is 17.7 Å². The van der Waals surface area contributed by atoms with Crippen molar-refractivity contribution in [2.45, 2.75) is 36.6 Å². The van der Waals surface area contributed by atoms with Gasteiger partial charge in [-0.3, -0.25) is 9.59 Å². The van der Waals surface area contributed by atoms with Gasteiger partial charge in [0.15, 0.2) is 0 Å². The van der Waals surface area contributed by atoms with Gasteiger partial charge in [-0.1, -0.05) is 91.0 Å². The summed E-state index contributed by atoms with van der Waals surface area (Å²) in [5, 5.41) is 0. The molecule has 0 aliphatic carbocycles. The molecule has 2 fully saturated rings. The molecule has 3 aromatic carbocycles. The molecule has 1 atom stereocenters. The average Bonchev–Trinajstić information content (AvgIpc) is 2.98. The van der Waals surface area contributed by atoms with Crippen LogP contribution in [-0.2, 0) is 15.0 Å². The maximum Gasteiger partial charge on any atom is 0.243 e. The normalized spacial score (nSPS) is 19.5. The maximum absolute atomic E-state index is 14.1. The maximum atomic E-state index is 14.1. The van der Waals surface area contributed by atoms with Crippen LogP contribution >= 0.6 is 0 Å². The molecule has 39 heavy (non-hydrogen) atoms. The lowest BCUT2D eigenvalue weighted by Gasteiger charge is -2.46. The van der Waals surface area contributed by atoms with E-state index in [1.807, 2.05) is 95.6 Å². The fourth-order valence-corrected chi connectivity index (χ4v) is 6.44. The van der Waals surface area contributed by atoms with Gasteiger partial charge < -0.3 is 20.4 Å². The Labute approximate surface area is 232 Å². The second-order valence-corrected chi connectivity index (χ2v) is 11.4. The molecule has 0 bridgehead atoms. The van der Waals surface area contributed by atoms with Gasteiger partial charge in [-0.2, -0.15) is 0 Å². The van der Waals surface area contributed by atoms with Gasteiger partial charge in [0.2, 0.25) is 11.8 Å². The summed E-state index contributed by atoms with van der Waals surface area (Å²) in [5.74, 6) is -0.173. The minimum atomic E-state index is -1.14. The summed E-state index contributed by atoms with van der Waals surface area (Å²) in [6.45, 7) is 5.64. The van der Waals surface area contributed by atoms with Crippen molar-refractivity contribution >= 4 is 11.8 Å². The molecule has 2 amide bonds. The third kappa shape index (κ3) is 5.36. The SMILES string of the molecule is CN1CCC(C(=O)N2CCN(C(=O)C(C)(N)C(c3ccccc3)c3ccccc3)CC2)(c2ccccc2)CC1. The molecule has 2 heterocycles. The van der Waals surface area contributed by atoms with E-state index < -0.39 is 11.0 Å². The molecule has 0 radical (unpaired) electrons. The highest BCUT2D eigenvalue weighted by molar-refractivity contribution is 5.90. The molecule has 5 rings (SSSR count). The number of benzene rings is 3. The molecule has 3 aromatic rings. The standard InChI is InChI=1S/C33H40N4O2/c1-32(34,29(26-12-6-3-7-13-26)27-14-8-4-9-15-27)30(38)36-22-24-37(25-23-36)31(39)33(18-20-35(2)21-19-33)28-16-10-5-11-17-28/h3-17,29H,18-25,34H2,1-2H3. The summed E-state index contributed by atoms with van der Waals surface area (Å²) in [7, 11) is 2.12. The van der Waals surface area contributed by atoms with E-state index in [0.29, 0.717) is 26.2 Å². The predicted molar refractivity (Wildman–Crippen MR) is 155 cm³/mol. The molecule has 2 N–H and O–H groups in total. The summed E-state index contributed by atoms with van der Waals surface area (Å²) in [5.41, 5.74) is 8.43. The zero-order valence-electron chi connectivity index (χ0n) is 23.1. The molecule has 2 aliphatic rings. The number of hydrogen-bond donors (Lipinski definition) is 1. The van der Waals surface area contributed by atoms with Gasteiger partial charge in [-0.15, -0.1) is 0 Å². The molecule has 6 nitrogen and oxygen atoms in total. The highest BCUT2D eigenvalue weighted by Crippen LogP contribution is 2.38. The highest BCUT2D eigenvalue weighted by Gasteiger charge is 2.47. The van der Waals surface area contributed by atoms with Crippen molar-refractivity contribution in [1.29, 1.82) is 0 Å². The van der Waals surface area contributed by atoms with Crippen molar-refractivity contribution in [3.63, 3.8) is 0 Å². The third-order valence-electron chi connectivity index (χ3n) is 8.76. The second kappa shape index (κ2) is 11.3. The molecule has 0 saturated carbocycles. The van der Waals surface area contributed by atoms with Gasteiger partial charge in [-0.25, -0.2) is 0 Å². The molecular formula is C33H40N4O2. The van der Waals surface area contributed by atoms with Crippen LogP contribution in [0.25, 0.3) is 0 Å². The number of rotatable bonds is 6. The smallest absolute Gasteiger partial charge is 0.243 e. The summed E-state index contributed by atoms with van der Waals surface area (Å²) in [6, 6.07) is 30.3. The fourth-order valence-electron chi connectivity index (χ4n) is 6.44. The van der Waals surface area contributed by atoms with E-state index in [1.54, 1.807) is 0 Å². The molecule has 2 saturated heterocycles. The number of piperidine rings is 1. The van der Waals surface area contributed by atoms with Crippen LogP contribution in [0.1, 0.15) is 42.4 Å². The lowest BCUT2D eigenvalue weighted by Crippen LogP contribution is -2.62. The number of carbonyl (C=O) groups excluding carboxylic acids is 2. The van der Waals surface area contributed by atoms with E-state index in [1.165, 1.54) is 0 Å². The molecule has 6 heteroatoms. The average molecular weight is 525 g/mol. The van der Waals surface area contributed by atoms with E-state index in [9.17, 15) is 9.59 Å². The molecule has 0 spiro atoms. The van der Waals surface area contributed by atoms with Gasteiger partial charge in [0.05, 0.1) is 5.41 Å². The first kappa shape index (κ1) is 27.1. The Morgan fingerprint density at radius 3 is 1.64 bits per heavy atom. The van der Waals surface area contributed by atoms with E-state index >= 15 is 0 Å². The fraction of sp³-hybridized carbons (Fsp3) is 0.394. The number of hydrogen-bond acceptors (Lipinski definition) is 4. The minimum absolute atomic E-state index is 0.0793.